The zero-order valence-electron chi connectivity index (χ0n) is 31.0. The Hall–Kier alpha value is -4.58. The molecule has 13 nitrogen and oxygen atoms in total. The minimum atomic E-state index is -4.30. The average molecular weight is 818 g/mol. The zero-order chi connectivity index (χ0) is 40.7. The van der Waals surface area contributed by atoms with Gasteiger partial charge in [-0.3, -0.25) is 14.1 Å². The van der Waals surface area contributed by atoms with Crippen molar-refractivity contribution < 1.29 is 58.5 Å². The lowest BCUT2D eigenvalue weighted by molar-refractivity contribution is -0.671. The molecule has 17 heteroatoms. The van der Waals surface area contributed by atoms with E-state index in [1.54, 1.807) is 6.08 Å². The maximum atomic E-state index is 15.8. The number of halogens is 2. The van der Waals surface area contributed by atoms with Crippen molar-refractivity contribution in [3.63, 3.8) is 0 Å². The van der Waals surface area contributed by atoms with E-state index in [1.165, 1.54) is 6.07 Å². The van der Waals surface area contributed by atoms with Gasteiger partial charge in [0.05, 0.1) is 26.9 Å². The number of pyridine rings is 1. The molecule has 1 fully saturated rings. The summed E-state index contributed by atoms with van der Waals surface area (Å²) in [6.45, 7) is 2.61. The van der Waals surface area contributed by atoms with Crippen LogP contribution in [0.5, 0.6) is 0 Å². The van der Waals surface area contributed by atoms with Crippen molar-refractivity contribution in [1.82, 2.24) is 5.06 Å². The number of hydroxylamine groups is 2. The molecule has 0 bridgehead atoms. The number of imide groups is 1. The third-order valence-electron chi connectivity index (χ3n) is 10.1. The Morgan fingerprint density at radius 3 is 2.41 bits per heavy atom. The fraction of sp³-hybridized carbons (Fsp3) is 0.436. The Labute approximate surface area is 325 Å². The monoisotopic (exact) mass is 817 g/mol. The summed E-state index contributed by atoms with van der Waals surface area (Å²) in [5, 5.41) is 1.39. The number of amides is 2. The van der Waals surface area contributed by atoms with Gasteiger partial charge in [-0.05, 0) is 62.8 Å². The molecule has 5 rings (SSSR count). The predicted octanol–water partition coefficient (Wildman–Crippen LogP) is 5.63. The van der Waals surface area contributed by atoms with Crippen LogP contribution in [0.1, 0.15) is 88.7 Å². The molecule has 2 amide bonds. The molecular weight excluding hydrogens is 773 g/mol. The predicted molar refractivity (Wildman–Crippen MR) is 202 cm³/mol. The van der Waals surface area contributed by atoms with Crippen LogP contribution in [-0.2, 0) is 51.4 Å². The summed E-state index contributed by atoms with van der Waals surface area (Å²) < 4.78 is 98.0. The summed E-state index contributed by atoms with van der Waals surface area (Å²) in [4.78, 5) is 42.7. The van der Waals surface area contributed by atoms with Gasteiger partial charge in [0.2, 0.25) is 5.52 Å². The number of nitrogens with zero attached hydrogens (tertiary/aromatic N) is 3. The number of unbranched alkanes of at least 4 members (excludes halogenated alkanes) is 4. The Morgan fingerprint density at radius 1 is 0.964 bits per heavy atom. The zero-order valence-corrected chi connectivity index (χ0v) is 32.6. The molecule has 0 radical (unpaired) electrons. The average Bonchev–Trinajstić information content (AvgIpc) is 3.55. The molecule has 0 spiro atoms. The van der Waals surface area contributed by atoms with Gasteiger partial charge in [0.1, 0.15) is 18.2 Å². The van der Waals surface area contributed by atoms with Crippen LogP contribution in [0.3, 0.4) is 0 Å². The quantitative estimate of drug-likeness (QED) is 0.0685. The van der Waals surface area contributed by atoms with Crippen LogP contribution < -0.4 is 9.47 Å². The van der Waals surface area contributed by atoms with E-state index < -0.39 is 66.6 Å². The van der Waals surface area contributed by atoms with Crippen LogP contribution in [0, 0.1) is 11.6 Å². The Kier molecular flexibility index (Phi) is 13.8. The third-order valence-corrected chi connectivity index (χ3v) is 11.6. The molecule has 2 aromatic carbocycles. The van der Waals surface area contributed by atoms with Crippen molar-refractivity contribution in [2.75, 3.05) is 23.0 Å². The van der Waals surface area contributed by atoms with Gasteiger partial charge in [-0.1, -0.05) is 37.1 Å². The van der Waals surface area contributed by atoms with E-state index in [4.69, 9.17) is 4.84 Å². The molecule has 1 N–H and O–H groups in total. The number of hydrogen-bond acceptors (Lipinski definition) is 10. The van der Waals surface area contributed by atoms with Crippen LogP contribution in [0.4, 0.5) is 14.5 Å². The van der Waals surface area contributed by atoms with E-state index in [0.717, 1.165) is 22.5 Å². The van der Waals surface area contributed by atoms with Crippen LogP contribution in [0.2, 0.25) is 0 Å². The van der Waals surface area contributed by atoms with Gasteiger partial charge in [-0.25, -0.2) is 22.0 Å². The topological polar surface area (TPSA) is 182 Å². The SMILES string of the molecule is CC1(CCCCS(=O)(=O)O)C(=CC=Cc2cccc3c2ccc[n+]3CCCCS(=O)(=O)[O-])N(CCCCCC(=O)ON2C(=O)CCC2=O)c2cc(F)cc(F)c21. The molecule has 1 aromatic heterocycles. The highest BCUT2D eigenvalue weighted by Gasteiger charge is 2.45. The number of fused-ring (bicyclic) bond motifs is 2. The van der Waals surface area contributed by atoms with Gasteiger partial charge in [-0.15, -0.1) is 5.06 Å². The van der Waals surface area contributed by atoms with Gasteiger partial charge in [0, 0.05) is 72.9 Å². The van der Waals surface area contributed by atoms with E-state index in [9.17, 15) is 44.7 Å². The molecule has 56 heavy (non-hydrogen) atoms. The lowest BCUT2D eigenvalue weighted by atomic mass is 9.77. The first-order valence-corrected chi connectivity index (χ1v) is 21.7. The first-order valence-electron chi connectivity index (χ1n) is 18.5. The van der Waals surface area contributed by atoms with E-state index in [1.807, 2.05) is 65.1 Å². The standard InChI is InChI=1S/C39H45F2N3O10S2/c1-39(20-4-7-24-55(48,49)50)34(16-10-13-28-12-9-15-32-30(28)14-11-22-42(32)21-6-8-25-56(51,52)53)43(33-27-29(40)26-31(41)38(33)39)23-5-2-3-17-37(47)54-44-35(45)18-19-36(44)46/h9-16,22,26-27H,2-8,17-21,23-25H2,1H3,(H-,48,49,50,51,52,53). The van der Waals surface area contributed by atoms with Crippen molar-refractivity contribution in [2.24, 2.45) is 0 Å². The van der Waals surface area contributed by atoms with Gasteiger partial charge in [0.25, 0.3) is 21.9 Å². The Bertz CT molecular complexity index is 2250. The summed E-state index contributed by atoms with van der Waals surface area (Å²) in [6, 6.07) is 11.6. The maximum Gasteiger partial charge on any atom is 0.333 e. The van der Waals surface area contributed by atoms with E-state index >= 15 is 4.39 Å². The third kappa shape index (κ3) is 10.8. The van der Waals surface area contributed by atoms with Gasteiger partial charge < -0.3 is 14.3 Å². The number of aryl methyl sites for hydroxylation is 1. The molecule has 0 saturated carbocycles. The highest BCUT2D eigenvalue weighted by atomic mass is 32.2. The van der Waals surface area contributed by atoms with E-state index in [0.29, 0.717) is 61.6 Å². The normalized spacial score (nSPS) is 18.2. The van der Waals surface area contributed by atoms with E-state index in [-0.39, 0.29) is 44.1 Å². The van der Waals surface area contributed by atoms with Crippen molar-refractivity contribution in [3.8, 4) is 0 Å². The summed E-state index contributed by atoms with van der Waals surface area (Å²) in [5.74, 6) is -4.29. The number of carbonyl (C=O) groups excluding carboxylic acids is 3. The minimum absolute atomic E-state index is 0.0144. The molecular formula is C39H45F2N3O10S2. The largest absolute Gasteiger partial charge is 0.748 e. The van der Waals surface area contributed by atoms with Crippen LogP contribution in [-0.4, -0.2) is 66.8 Å². The molecule has 1 saturated heterocycles. The molecule has 2 aliphatic heterocycles. The molecule has 3 aromatic rings. The Balaban J connectivity index is 1.40. The van der Waals surface area contributed by atoms with Crippen LogP contribution in [0.15, 0.2) is 66.5 Å². The molecule has 2 aliphatic rings. The summed E-state index contributed by atoms with van der Waals surface area (Å²) in [5.41, 5.74) is 1.90. The maximum absolute atomic E-state index is 15.8. The highest BCUT2D eigenvalue weighted by Crippen LogP contribution is 2.52. The van der Waals surface area contributed by atoms with Crippen molar-refractivity contribution in [3.05, 3.63) is 89.3 Å². The first kappa shape index (κ1) is 42.6. The smallest absolute Gasteiger partial charge is 0.333 e. The summed E-state index contributed by atoms with van der Waals surface area (Å²) in [7, 11) is -8.52. The summed E-state index contributed by atoms with van der Waals surface area (Å²) in [6.07, 6.45) is 10.0. The van der Waals surface area contributed by atoms with Gasteiger partial charge in [0.15, 0.2) is 6.20 Å². The molecule has 0 aliphatic carbocycles. The molecule has 302 valence electrons. The van der Waals surface area contributed by atoms with Crippen molar-refractivity contribution in [2.45, 2.75) is 89.5 Å². The summed E-state index contributed by atoms with van der Waals surface area (Å²) >= 11 is 0. The molecule has 1 unspecified atom stereocenters. The number of carbonyl (C=O) groups is 3. The number of allylic oxidation sites excluding steroid dienone is 3. The van der Waals surface area contributed by atoms with Gasteiger partial charge in [-0.2, -0.15) is 13.0 Å². The lowest BCUT2D eigenvalue weighted by Crippen LogP contribution is -2.34. The second-order valence-corrected chi connectivity index (χ2v) is 17.3. The lowest BCUT2D eigenvalue weighted by Gasteiger charge is -2.30. The second-order valence-electron chi connectivity index (χ2n) is 14.2. The number of hydrogen-bond donors (Lipinski definition) is 1. The number of benzene rings is 2. The fourth-order valence-electron chi connectivity index (χ4n) is 7.40. The van der Waals surface area contributed by atoms with Crippen molar-refractivity contribution >= 4 is 60.7 Å². The van der Waals surface area contributed by atoms with Crippen LogP contribution >= 0.6 is 0 Å². The van der Waals surface area contributed by atoms with Gasteiger partial charge >= 0.3 is 5.97 Å². The van der Waals surface area contributed by atoms with Crippen LogP contribution in [0.25, 0.3) is 17.0 Å². The minimum Gasteiger partial charge on any atom is -0.748 e. The number of rotatable bonds is 19. The van der Waals surface area contributed by atoms with E-state index in [2.05, 4.69) is 0 Å². The second kappa shape index (κ2) is 18.1. The fourth-order valence-corrected chi connectivity index (χ4v) is 8.52. The molecule has 1 atom stereocenters. The first-order chi connectivity index (χ1) is 26.5. The number of anilines is 1. The number of aromatic nitrogens is 1. The highest BCUT2D eigenvalue weighted by molar-refractivity contribution is 7.85. The Morgan fingerprint density at radius 2 is 1.70 bits per heavy atom. The molecule has 3 heterocycles. The van der Waals surface area contributed by atoms with Crippen molar-refractivity contribution in [1.29, 1.82) is 0 Å².